The lowest BCUT2D eigenvalue weighted by atomic mass is 10.1. The topological polar surface area (TPSA) is 71.1 Å². The molecule has 8 heteroatoms. The lowest BCUT2D eigenvalue weighted by Gasteiger charge is -2.09. The molecule has 32 heavy (non-hydrogen) atoms. The number of aromatic nitrogens is 1. The van der Waals surface area contributed by atoms with Crippen LogP contribution in [-0.4, -0.2) is 22.6 Å². The molecule has 3 aromatic carbocycles. The number of nitrogens with one attached hydrogen (secondary N) is 2. The van der Waals surface area contributed by atoms with Crippen molar-refractivity contribution >= 4 is 68.1 Å². The van der Waals surface area contributed by atoms with Crippen molar-refractivity contribution < 1.29 is 9.59 Å². The highest BCUT2D eigenvalue weighted by molar-refractivity contribution is 8.01. The van der Waals surface area contributed by atoms with Gasteiger partial charge in [0.05, 0.1) is 16.0 Å². The Balaban J connectivity index is 1.39. The van der Waals surface area contributed by atoms with E-state index in [-0.39, 0.29) is 17.6 Å². The van der Waals surface area contributed by atoms with Crippen LogP contribution < -0.4 is 10.6 Å². The minimum Gasteiger partial charge on any atom is -0.325 e. The number of hydrogen-bond acceptors (Lipinski definition) is 5. The molecule has 4 aromatic rings. The molecule has 0 atom stereocenters. The van der Waals surface area contributed by atoms with Crippen LogP contribution in [0.5, 0.6) is 0 Å². The van der Waals surface area contributed by atoms with Crippen LogP contribution >= 0.6 is 34.7 Å². The average Bonchev–Trinajstić information content (AvgIpc) is 3.18. The number of hydrogen-bond donors (Lipinski definition) is 2. The molecule has 0 bridgehead atoms. The number of fused-ring (bicyclic) bond motifs is 1. The Labute approximate surface area is 199 Å². The van der Waals surface area contributed by atoms with Crippen LogP contribution in [0.3, 0.4) is 0 Å². The molecule has 1 heterocycles. The second-order valence-corrected chi connectivity index (χ2v) is 9.90. The fourth-order valence-corrected chi connectivity index (χ4v) is 5.08. The summed E-state index contributed by atoms with van der Waals surface area (Å²) in [7, 11) is 0. The van der Waals surface area contributed by atoms with Crippen molar-refractivity contribution in [3.8, 4) is 0 Å². The van der Waals surface area contributed by atoms with E-state index in [1.165, 1.54) is 23.1 Å². The van der Waals surface area contributed by atoms with E-state index in [2.05, 4.69) is 15.6 Å². The van der Waals surface area contributed by atoms with Crippen LogP contribution in [0, 0.1) is 13.8 Å². The zero-order chi connectivity index (χ0) is 22.7. The summed E-state index contributed by atoms with van der Waals surface area (Å²) in [5, 5.41) is 6.44. The van der Waals surface area contributed by atoms with E-state index in [1.54, 1.807) is 24.3 Å². The number of thiazole rings is 1. The summed E-state index contributed by atoms with van der Waals surface area (Å²) in [4.78, 5) is 29.4. The lowest BCUT2D eigenvalue weighted by Crippen LogP contribution is -2.15. The van der Waals surface area contributed by atoms with Gasteiger partial charge in [0.2, 0.25) is 5.91 Å². The first-order chi connectivity index (χ1) is 15.4. The van der Waals surface area contributed by atoms with E-state index in [0.717, 1.165) is 31.4 Å². The van der Waals surface area contributed by atoms with Crippen LogP contribution in [-0.2, 0) is 4.79 Å². The largest absolute Gasteiger partial charge is 0.325 e. The van der Waals surface area contributed by atoms with Crippen molar-refractivity contribution in [2.75, 3.05) is 16.4 Å². The second kappa shape index (κ2) is 9.73. The number of benzene rings is 3. The standard InChI is InChI=1S/C24H20ClN3O2S2/c1-14-4-3-5-19(15(14)2)27-22(29)13-31-24-28-20-11-10-18(12-21(20)32-24)26-23(30)16-6-8-17(25)9-7-16/h3-12H,13H2,1-2H3,(H,26,30)(H,27,29). The van der Waals surface area contributed by atoms with Gasteiger partial charge in [-0.1, -0.05) is 35.5 Å². The Kier molecular flexibility index (Phi) is 6.79. The van der Waals surface area contributed by atoms with Crippen LogP contribution in [0.2, 0.25) is 5.02 Å². The molecule has 5 nitrogen and oxygen atoms in total. The maximum atomic E-state index is 12.4. The van der Waals surface area contributed by atoms with Gasteiger partial charge in [0.25, 0.3) is 5.91 Å². The molecule has 1 aromatic heterocycles. The fourth-order valence-electron chi connectivity index (χ4n) is 3.05. The van der Waals surface area contributed by atoms with Gasteiger partial charge < -0.3 is 10.6 Å². The summed E-state index contributed by atoms with van der Waals surface area (Å²) >= 11 is 8.77. The predicted molar refractivity (Wildman–Crippen MR) is 134 cm³/mol. The fraction of sp³-hybridized carbons (Fsp3) is 0.125. The Morgan fingerprint density at radius 2 is 1.81 bits per heavy atom. The molecule has 4 rings (SSSR count). The molecule has 0 saturated carbocycles. The summed E-state index contributed by atoms with van der Waals surface area (Å²) in [5.74, 6) is -0.00462. The molecule has 2 N–H and O–H groups in total. The Hall–Kier alpha value is -2.87. The van der Waals surface area contributed by atoms with Crippen molar-refractivity contribution in [1.82, 2.24) is 4.98 Å². The third kappa shape index (κ3) is 5.30. The van der Waals surface area contributed by atoms with E-state index < -0.39 is 0 Å². The number of anilines is 2. The Morgan fingerprint density at radius 1 is 1.03 bits per heavy atom. The first-order valence-electron chi connectivity index (χ1n) is 9.85. The number of rotatable bonds is 6. The van der Waals surface area contributed by atoms with E-state index >= 15 is 0 Å². The Morgan fingerprint density at radius 3 is 2.59 bits per heavy atom. The average molecular weight is 482 g/mol. The first-order valence-corrected chi connectivity index (χ1v) is 12.0. The zero-order valence-electron chi connectivity index (χ0n) is 17.4. The summed E-state index contributed by atoms with van der Waals surface area (Å²) in [6, 6.07) is 18.2. The summed E-state index contributed by atoms with van der Waals surface area (Å²) in [6.07, 6.45) is 0. The van der Waals surface area contributed by atoms with Gasteiger partial charge in [0.1, 0.15) is 0 Å². The summed E-state index contributed by atoms with van der Waals surface area (Å²) in [5.41, 5.74) is 5.09. The molecule has 0 fully saturated rings. The van der Waals surface area contributed by atoms with Crippen LogP contribution in [0.4, 0.5) is 11.4 Å². The van der Waals surface area contributed by atoms with Gasteiger partial charge in [-0.05, 0) is 73.5 Å². The third-order valence-electron chi connectivity index (χ3n) is 4.94. The molecule has 0 aliphatic heterocycles. The van der Waals surface area contributed by atoms with Gasteiger partial charge in [-0.15, -0.1) is 11.3 Å². The smallest absolute Gasteiger partial charge is 0.255 e. The molecule has 0 aliphatic carbocycles. The minimum atomic E-state index is -0.205. The molecule has 162 valence electrons. The van der Waals surface area contributed by atoms with E-state index in [1.807, 2.05) is 50.2 Å². The van der Waals surface area contributed by atoms with Crippen molar-refractivity contribution in [2.45, 2.75) is 18.2 Å². The molecule has 0 radical (unpaired) electrons. The number of thioether (sulfide) groups is 1. The lowest BCUT2D eigenvalue weighted by molar-refractivity contribution is -0.113. The van der Waals surface area contributed by atoms with Crippen LogP contribution in [0.15, 0.2) is 65.0 Å². The molecular formula is C24H20ClN3O2S2. The Bertz CT molecular complexity index is 1300. The van der Waals surface area contributed by atoms with Gasteiger partial charge in [-0.2, -0.15) is 0 Å². The highest BCUT2D eigenvalue weighted by atomic mass is 35.5. The van der Waals surface area contributed by atoms with Crippen molar-refractivity contribution in [1.29, 1.82) is 0 Å². The molecule has 0 saturated heterocycles. The van der Waals surface area contributed by atoms with Crippen molar-refractivity contribution in [3.05, 3.63) is 82.4 Å². The van der Waals surface area contributed by atoms with Gasteiger partial charge in [-0.25, -0.2) is 4.98 Å². The van der Waals surface area contributed by atoms with Gasteiger partial charge >= 0.3 is 0 Å². The molecular weight excluding hydrogens is 462 g/mol. The van der Waals surface area contributed by atoms with Crippen LogP contribution in [0.1, 0.15) is 21.5 Å². The number of nitrogens with zero attached hydrogens (tertiary/aromatic N) is 1. The number of amides is 2. The summed E-state index contributed by atoms with van der Waals surface area (Å²) < 4.78 is 1.74. The predicted octanol–water partition coefficient (Wildman–Crippen LogP) is 6.55. The molecule has 0 spiro atoms. The number of halogens is 1. The quantitative estimate of drug-likeness (QED) is 0.306. The number of carbonyl (C=O) groups excluding carboxylic acids is 2. The zero-order valence-corrected chi connectivity index (χ0v) is 19.8. The molecule has 2 amide bonds. The monoisotopic (exact) mass is 481 g/mol. The maximum absolute atomic E-state index is 12.4. The highest BCUT2D eigenvalue weighted by Crippen LogP contribution is 2.31. The second-order valence-electron chi connectivity index (χ2n) is 7.21. The minimum absolute atomic E-state index is 0.0705. The molecule has 0 unspecified atom stereocenters. The van der Waals surface area contributed by atoms with Gasteiger partial charge in [0, 0.05) is 22.0 Å². The van der Waals surface area contributed by atoms with Crippen molar-refractivity contribution in [2.24, 2.45) is 0 Å². The van der Waals surface area contributed by atoms with E-state index in [0.29, 0.717) is 16.3 Å². The summed E-state index contributed by atoms with van der Waals surface area (Å²) in [6.45, 7) is 4.02. The molecule has 0 aliphatic rings. The van der Waals surface area contributed by atoms with Crippen LogP contribution in [0.25, 0.3) is 10.2 Å². The SMILES string of the molecule is Cc1cccc(NC(=O)CSc2nc3ccc(NC(=O)c4ccc(Cl)cc4)cc3s2)c1C. The van der Waals surface area contributed by atoms with E-state index in [9.17, 15) is 9.59 Å². The highest BCUT2D eigenvalue weighted by Gasteiger charge is 2.11. The number of aryl methyl sites for hydroxylation is 1. The normalized spacial score (nSPS) is 10.8. The van der Waals surface area contributed by atoms with E-state index in [4.69, 9.17) is 11.6 Å². The van der Waals surface area contributed by atoms with Gasteiger partial charge in [0.15, 0.2) is 4.34 Å². The first kappa shape index (κ1) is 22.3. The third-order valence-corrected chi connectivity index (χ3v) is 7.35. The van der Waals surface area contributed by atoms with Crippen molar-refractivity contribution in [3.63, 3.8) is 0 Å². The maximum Gasteiger partial charge on any atom is 0.255 e. The number of carbonyl (C=O) groups is 2. The van der Waals surface area contributed by atoms with Gasteiger partial charge in [-0.3, -0.25) is 9.59 Å².